The molecule has 0 aliphatic rings. The molecule has 0 unspecified atom stereocenters. The molecule has 104 valence electrons. The number of benzene rings is 1. The summed E-state index contributed by atoms with van der Waals surface area (Å²) in [5.74, 6) is -0.286. The molecule has 0 saturated heterocycles. The molecule has 0 radical (unpaired) electrons. The van der Waals surface area contributed by atoms with Crippen molar-refractivity contribution in [2.45, 2.75) is 32.7 Å². The number of ether oxygens (including phenoxy) is 1. The maximum Gasteiger partial charge on any atom is 0.333 e. The number of amides is 1. The maximum absolute atomic E-state index is 11.9. The van der Waals surface area contributed by atoms with Gasteiger partial charge < -0.3 is 10.1 Å². The van der Waals surface area contributed by atoms with Crippen LogP contribution in [-0.2, 0) is 14.3 Å². The van der Waals surface area contributed by atoms with Crippen molar-refractivity contribution in [2.75, 3.05) is 7.11 Å². The predicted octanol–water partition coefficient (Wildman–Crippen LogP) is 2.45. The average molecular weight is 263 g/mol. The Balaban J connectivity index is 2.77. The number of carbonyl (C=O) groups excluding carboxylic acids is 2. The van der Waals surface area contributed by atoms with E-state index in [0.29, 0.717) is 12.3 Å². The smallest absolute Gasteiger partial charge is 0.333 e. The van der Waals surface area contributed by atoms with Crippen LogP contribution in [0.4, 0.5) is 0 Å². The highest BCUT2D eigenvalue weighted by Crippen LogP contribution is 2.15. The number of methoxy groups -OCH3 is 1. The van der Waals surface area contributed by atoms with E-state index in [4.69, 9.17) is 4.74 Å². The quantitative estimate of drug-likeness (QED) is 0.802. The maximum atomic E-state index is 11.9. The molecule has 1 aromatic carbocycles. The SMILES string of the molecule is CC[C@@H](C)CC(=O)N[C@@H](C(=O)OC)c1ccccc1. The van der Waals surface area contributed by atoms with Gasteiger partial charge in [0.05, 0.1) is 7.11 Å². The first kappa shape index (κ1) is 15.2. The summed E-state index contributed by atoms with van der Waals surface area (Å²) in [4.78, 5) is 23.7. The summed E-state index contributed by atoms with van der Waals surface area (Å²) >= 11 is 0. The van der Waals surface area contributed by atoms with Crippen molar-refractivity contribution >= 4 is 11.9 Å². The molecular formula is C15H21NO3. The first-order chi connectivity index (χ1) is 9.08. The van der Waals surface area contributed by atoms with Crippen LogP contribution in [0.25, 0.3) is 0 Å². The Morgan fingerprint density at radius 1 is 1.26 bits per heavy atom. The molecule has 2 atom stereocenters. The van der Waals surface area contributed by atoms with Gasteiger partial charge in [-0.3, -0.25) is 4.79 Å². The summed E-state index contributed by atoms with van der Waals surface area (Å²) in [6.45, 7) is 4.04. The van der Waals surface area contributed by atoms with Crippen LogP contribution >= 0.6 is 0 Å². The summed E-state index contributed by atoms with van der Waals surface area (Å²) in [7, 11) is 1.32. The molecule has 1 rings (SSSR count). The molecule has 0 bridgehead atoms. The Morgan fingerprint density at radius 3 is 2.42 bits per heavy atom. The van der Waals surface area contributed by atoms with Crippen molar-refractivity contribution in [3.63, 3.8) is 0 Å². The number of hydrogen-bond donors (Lipinski definition) is 1. The van der Waals surface area contributed by atoms with Crippen LogP contribution < -0.4 is 5.32 Å². The summed E-state index contributed by atoms with van der Waals surface area (Å²) in [6, 6.07) is 8.37. The molecule has 0 aromatic heterocycles. The van der Waals surface area contributed by atoms with E-state index in [0.717, 1.165) is 12.0 Å². The van der Waals surface area contributed by atoms with E-state index in [2.05, 4.69) is 5.32 Å². The fourth-order valence-electron chi connectivity index (χ4n) is 1.72. The highest BCUT2D eigenvalue weighted by molar-refractivity contribution is 5.85. The molecule has 1 N–H and O–H groups in total. The van der Waals surface area contributed by atoms with E-state index in [1.165, 1.54) is 7.11 Å². The molecule has 1 aromatic rings. The number of nitrogens with one attached hydrogen (secondary N) is 1. The van der Waals surface area contributed by atoms with Crippen molar-refractivity contribution in [3.05, 3.63) is 35.9 Å². The molecule has 19 heavy (non-hydrogen) atoms. The Kier molecular flexibility index (Phi) is 6.06. The molecular weight excluding hydrogens is 242 g/mol. The predicted molar refractivity (Wildman–Crippen MR) is 73.4 cm³/mol. The van der Waals surface area contributed by atoms with E-state index in [1.54, 1.807) is 12.1 Å². The zero-order valence-electron chi connectivity index (χ0n) is 11.7. The number of rotatable bonds is 6. The van der Waals surface area contributed by atoms with Gasteiger partial charge in [0.25, 0.3) is 0 Å². The summed E-state index contributed by atoms with van der Waals surface area (Å²) < 4.78 is 4.75. The van der Waals surface area contributed by atoms with Crippen molar-refractivity contribution in [1.82, 2.24) is 5.32 Å². The van der Waals surface area contributed by atoms with E-state index in [-0.39, 0.29) is 5.91 Å². The van der Waals surface area contributed by atoms with Gasteiger partial charge in [0, 0.05) is 6.42 Å². The van der Waals surface area contributed by atoms with Gasteiger partial charge in [-0.2, -0.15) is 0 Å². The highest BCUT2D eigenvalue weighted by atomic mass is 16.5. The van der Waals surface area contributed by atoms with Gasteiger partial charge >= 0.3 is 5.97 Å². The molecule has 1 amide bonds. The van der Waals surface area contributed by atoms with Crippen molar-refractivity contribution < 1.29 is 14.3 Å². The second kappa shape index (κ2) is 7.56. The van der Waals surface area contributed by atoms with Crippen LogP contribution in [0.2, 0.25) is 0 Å². The van der Waals surface area contributed by atoms with Gasteiger partial charge in [-0.25, -0.2) is 4.79 Å². The number of carbonyl (C=O) groups is 2. The molecule has 4 nitrogen and oxygen atoms in total. The minimum Gasteiger partial charge on any atom is -0.467 e. The van der Waals surface area contributed by atoms with E-state index in [9.17, 15) is 9.59 Å². The second-order valence-electron chi connectivity index (χ2n) is 4.65. The van der Waals surface area contributed by atoms with Gasteiger partial charge in [-0.05, 0) is 11.5 Å². The standard InChI is InChI=1S/C15H21NO3/c1-4-11(2)10-13(17)16-14(15(18)19-3)12-8-6-5-7-9-12/h5-9,11,14H,4,10H2,1-3H3,(H,16,17)/t11-,14-/m1/s1. The summed E-state index contributed by atoms with van der Waals surface area (Å²) in [5, 5.41) is 2.74. The molecule has 0 fully saturated rings. The van der Waals surface area contributed by atoms with Gasteiger partial charge in [0.1, 0.15) is 0 Å². The number of hydrogen-bond acceptors (Lipinski definition) is 3. The average Bonchev–Trinajstić information content (AvgIpc) is 2.44. The van der Waals surface area contributed by atoms with Gasteiger partial charge in [0.2, 0.25) is 5.91 Å². The Morgan fingerprint density at radius 2 is 1.89 bits per heavy atom. The van der Waals surface area contributed by atoms with Crippen LogP contribution in [-0.4, -0.2) is 19.0 Å². The monoisotopic (exact) mass is 263 g/mol. The van der Waals surface area contributed by atoms with Gasteiger partial charge in [-0.1, -0.05) is 50.6 Å². The third kappa shape index (κ3) is 4.73. The van der Waals surface area contributed by atoms with Crippen molar-refractivity contribution in [2.24, 2.45) is 5.92 Å². The molecule has 4 heteroatoms. The Labute approximate surface area is 114 Å². The van der Waals surface area contributed by atoms with Crippen LogP contribution in [0.3, 0.4) is 0 Å². The summed E-state index contributed by atoms with van der Waals surface area (Å²) in [5.41, 5.74) is 0.729. The molecule has 0 saturated carbocycles. The Bertz CT molecular complexity index is 417. The van der Waals surface area contributed by atoms with Crippen LogP contribution in [0.1, 0.15) is 38.3 Å². The van der Waals surface area contributed by atoms with Crippen LogP contribution in [0.15, 0.2) is 30.3 Å². The van der Waals surface area contributed by atoms with Crippen molar-refractivity contribution in [3.8, 4) is 0 Å². The first-order valence-electron chi connectivity index (χ1n) is 6.50. The van der Waals surface area contributed by atoms with Gasteiger partial charge in [0.15, 0.2) is 6.04 Å². The van der Waals surface area contributed by atoms with E-state index < -0.39 is 12.0 Å². The fourth-order valence-corrected chi connectivity index (χ4v) is 1.72. The minimum absolute atomic E-state index is 0.131. The van der Waals surface area contributed by atoms with Crippen LogP contribution in [0, 0.1) is 5.92 Å². The third-order valence-corrected chi connectivity index (χ3v) is 3.11. The molecule has 0 aliphatic carbocycles. The van der Waals surface area contributed by atoms with Crippen LogP contribution in [0.5, 0.6) is 0 Å². The topological polar surface area (TPSA) is 55.4 Å². The van der Waals surface area contributed by atoms with Crippen molar-refractivity contribution in [1.29, 1.82) is 0 Å². The Hall–Kier alpha value is -1.84. The lowest BCUT2D eigenvalue weighted by Crippen LogP contribution is -2.35. The summed E-state index contributed by atoms with van der Waals surface area (Å²) in [6.07, 6.45) is 1.35. The normalized spacial score (nSPS) is 13.4. The molecule has 0 spiro atoms. The van der Waals surface area contributed by atoms with Gasteiger partial charge in [-0.15, -0.1) is 0 Å². The number of esters is 1. The minimum atomic E-state index is -0.734. The largest absolute Gasteiger partial charge is 0.467 e. The third-order valence-electron chi connectivity index (χ3n) is 3.11. The highest BCUT2D eigenvalue weighted by Gasteiger charge is 2.23. The molecule has 0 heterocycles. The zero-order valence-corrected chi connectivity index (χ0v) is 11.7. The second-order valence-corrected chi connectivity index (χ2v) is 4.65. The van der Waals surface area contributed by atoms with E-state index in [1.807, 2.05) is 32.0 Å². The first-order valence-corrected chi connectivity index (χ1v) is 6.50. The van der Waals surface area contributed by atoms with E-state index >= 15 is 0 Å². The lowest BCUT2D eigenvalue weighted by molar-refractivity contribution is -0.145. The molecule has 0 aliphatic heterocycles. The lowest BCUT2D eigenvalue weighted by atomic mass is 10.0. The zero-order chi connectivity index (χ0) is 14.3. The fraction of sp³-hybridized carbons (Fsp3) is 0.467. The lowest BCUT2D eigenvalue weighted by Gasteiger charge is -2.18.